The minimum atomic E-state index is -0.580. The zero-order chi connectivity index (χ0) is 16.6. The molecule has 23 heavy (non-hydrogen) atoms. The summed E-state index contributed by atoms with van der Waals surface area (Å²) >= 11 is 0. The summed E-state index contributed by atoms with van der Waals surface area (Å²) in [4.78, 5) is 10.6. The van der Waals surface area contributed by atoms with Crippen molar-refractivity contribution in [3.05, 3.63) is 53.6 Å². The minimum absolute atomic E-state index is 0.580. The Kier molecular flexibility index (Phi) is 3.82. The van der Waals surface area contributed by atoms with Crippen LogP contribution in [0.25, 0.3) is 6.08 Å². The van der Waals surface area contributed by atoms with Crippen molar-refractivity contribution in [1.82, 2.24) is 9.55 Å². The van der Waals surface area contributed by atoms with Crippen molar-refractivity contribution in [1.29, 1.82) is 0 Å². The Morgan fingerprint density at radius 3 is 2.87 bits per heavy atom. The summed E-state index contributed by atoms with van der Waals surface area (Å²) in [6.45, 7) is 6.89. The first-order chi connectivity index (χ1) is 10.9. The fourth-order valence-corrected chi connectivity index (χ4v) is 3.12. The van der Waals surface area contributed by atoms with Crippen molar-refractivity contribution in [3.8, 4) is 0 Å². The number of pyridine rings is 1. The number of aryl methyl sites for hydroxylation is 1. The average molecular weight is 309 g/mol. The van der Waals surface area contributed by atoms with Gasteiger partial charge in [-0.05, 0) is 50.6 Å². The molecule has 1 atom stereocenters. The average Bonchev–Trinajstić information content (AvgIpc) is 2.82. The third-order valence-electron chi connectivity index (χ3n) is 4.34. The molecular weight excluding hydrogens is 286 g/mol. The van der Waals surface area contributed by atoms with Crippen molar-refractivity contribution >= 4 is 17.6 Å². The van der Waals surface area contributed by atoms with Crippen molar-refractivity contribution in [3.63, 3.8) is 0 Å². The van der Waals surface area contributed by atoms with E-state index in [0.29, 0.717) is 0 Å². The molecule has 120 valence electrons. The number of amidine groups is 1. The van der Waals surface area contributed by atoms with Crippen LogP contribution in [0.4, 0.5) is 5.69 Å². The quantitative estimate of drug-likeness (QED) is 0.685. The van der Waals surface area contributed by atoms with Gasteiger partial charge in [-0.2, -0.15) is 0 Å². The number of fused-ring (bicyclic) bond motifs is 1. The van der Waals surface area contributed by atoms with E-state index in [1.54, 1.807) is 13.2 Å². The summed E-state index contributed by atoms with van der Waals surface area (Å²) in [5, 5.41) is 0. The summed E-state index contributed by atoms with van der Waals surface area (Å²) in [6.07, 6.45) is 7.84. The Bertz CT molecular complexity index is 768. The lowest BCUT2D eigenvalue weighted by atomic mass is 10.0. The first kappa shape index (κ1) is 15.5. The molecule has 0 spiro atoms. The molecule has 3 heterocycles. The summed E-state index contributed by atoms with van der Waals surface area (Å²) < 4.78 is 2.29. The highest BCUT2D eigenvalue weighted by molar-refractivity contribution is 6.00. The number of anilines is 1. The van der Waals surface area contributed by atoms with E-state index in [1.165, 1.54) is 11.3 Å². The van der Waals surface area contributed by atoms with E-state index in [0.717, 1.165) is 23.8 Å². The van der Waals surface area contributed by atoms with Crippen molar-refractivity contribution in [2.45, 2.75) is 33.0 Å². The molecular formula is C18H23N5. The van der Waals surface area contributed by atoms with E-state index < -0.39 is 5.66 Å². The van der Waals surface area contributed by atoms with Crippen LogP contribution in [-0.4, -0.2) is 28.1 Å². The van der Waals surface area contributed by atoms with Crippen LogP contribution in [0.1, 0.15) is 30.8 Å². The second-order valence-corrected chi connectivity index (χ2v) is 6.17. The first-order valence-corrected chi connectivity index (χ1v) is 7.75. The maximum atomic E-state index is 6.46. The van der Waals surface area contributed by atoms with Gasteiger partial charge in [-0.15, -0.1) is 0 Å². The molecule has 2 aromatic rings. The van der Waals surface area contributed by atoms with Crippen molar-refractivity contribution in [2.75, 3.05) is 11.9 Å². The van der Waals surface area contributed by atoms with E-state index >= 15 is 0 Å². The number of nitrogens with two attached hydrogens (primary N) is 1. The summed E-state index contributed by atoms with van der Waals surface area (Å²) in [5.74, 6) is 0.902. The molecule has 5 heteroatoms. The van der Waals surface area contributed by atoms with Gasteiger partial charge in [0.25, 0.3) is 0 Å². The van der Waals surface area contributed by atoms with Crippen molar-refractivity contribution < 1.29 is 0 Å². The standard InChI is InChI=1S/C18H23N5/c1-13-10-17-16(22(13)12-15-6-5-9-21-11-15)7-8-18(3,19)23(17)14(2)20-4/h5-11H,12,19H2,1-4H3. The maximum Gasteiger partial charge on any atom is 0.111 e. The van der Waals surface area contributed by atoms with Gasteiger partial charge in [-0.3, -0.25) is 9.98 Å². The smallest absolute Gasteiger partial charge is 0.111 e. The van der Waals surface area contributed by atoms with Crippen LogP contribution < -0.4 is 10.6 Å². The molecule has 0 aliphatic carbocycles. The first-order valence-electron chi connectivity index (χ1n) is 7.75. The molecule has 2 aromatic heterocycles. The summed E-state index contributed by atoms with van der Waals surface area (Å²) in [5.41, 5.74) is 10.5. The Morgan fingerprint density at radius 1 is 1.43 bits per heavy atom. The predicted molar refractivity (Wildman–Crippen MR) is 95.6 cm³/mol. The molecule has 1 aliphatic rings. The van der Waals surface area contributed by atoms with Gasteiger partial charge in [-0.25, -0.2) is 0 Å². The fourth-order valence-electron chi connectivity index (χ4n) is 3.12. The molecule has 1 unspecified atom stereocenters. The highest BCUT2D eigenvalue weighted by atomic mass is 15.3. The molecule has 0 amide bonds. The number of hydrogen-bond acceptors (Lipinski definition) is 3. The zero-order valence-corrected chi connectivity index (χ0v) is 14.1. The second-order valence-electron chi connectivity index (χ2n) is 6.17. The van der Waals surface area contributed by atoms with Gasteiger partial charge in [-0.1, -0.05) is 6.07 Å². The molecule has 5 nitrogen and oxygen atoms in total. The van der Waals surface area contributed by atoms with E-state index in [1.807, 2.05) is 32.2 Å². The van der Waals surface area contributed by atoms with E-state index in [4.69, 9.17) is 5.73 Å². The molecule has 1 aliphatic heterocycles. The minimum Gasteiger partial charge on any atom is -0.339 e. The SMILES string of the molecule is CN=C(C)N1c2cc(C)n(Cc3cccnc3)c2C=CC1(C)N. The van der Waals surface area contributed by atoms with Gasteiger partial charge in [0.15, 0.2) is 0 Å². The molecule has 0 aromatic carbocycles. The predicted octanol–water partition coefficient (Wildman–Crippen LogP) is 2.80. The Balaban J connectivity index is 2.09. The largest absolute Gasteiger partial charge is 0.339 e. The van der Waals surface area contributed by atoms with Gasteiger partial charge in [0.1, 0.15) is 11.5 Å². The van der Waals surface area contributed by atoms with Crippen LogP contribution in [0, 0.1) is 6.92 Å². The zero-order valence-electron chi connectivity index (χ0n) is 14.1. The molecule has 0 fully saturated rings. The Morgan fingerprint density at radius 2 is 2.22 bits per heavy atom. The van der Waals surface area contributed by atoms with Crippen LogP contribution in [0.3, 0.4) is 0 Å². The van der Waals surface area contributed by atoms with Crippen LogP contribution in [0.2, 0.25) is 0 Å². The third-order valence-corrected chi connectivity index (χ3v) is 4.34. The summed E-state index contributed by atoms with van der Waals surface area (Å²) in [7, 11) is 1.79. The van der Waals surface area contributed by atoms with Gasteiger partial charge in [0.2, 0.25) is 0 Å². The summed E-state index contributed by atoms with van der Waals surface area (Å²) in [6, 6.07) is 6.23. The number of aromatic nitrogens is 2. The normalized spacial score (nSPS) is 20.7. The van der Waals surface area contributed by atoms with E-state index in [-0.39, 0.29) is 0 Å². The van der Waals surface area contributed by atoms with E-state index in [2.05, 4.69) is 44.6 Å². The van der Waals surface area contributed by atoms with E-state index in [9.17, 15) is 0 Å². The molecule has 0 saturated carbocycles. The number of nitrogens with zero attached hydrogens (tertiary/aromatic N) is 4. The molecule has 3 rings (SSSR count). The van der Waals surface area contributed by atoms with Gasteiger partial charge >= 0.3 is 0 Å². The fraction of sp³-hybridized carbons (Fsp3) is 0.333. The van der Waals surface area contributed by atoms with Crippen LogP contribution in [0.5, 0.6) is 0 Å². The highest BCUT2D eigenvalue weighted by Crippen LogP contribution is 2.35. The molecule has 0 saturated heterocycles. The number of rotatable bonds is 2. The van der Waals surface area contributed by atoms with Gasteiger partial charge in [0, 0.05) is 31.7 Å². The highest BCUT2D eigenvalue weighted by Gasteiger charge is 2.33. The number of hydrogen-bond donors (Lipinski definition) is 1. The van der Waals surface area contributed by atoms with Crippen LogP contribution in [-0.2, 0) is 6.54 Å². The lowest BCUT2D eigenvalue weighted by Gasteiger charge is -2.40. The van der Waals surface area contributed by atoms with Crippen LogP contribution >= 0.6 is 0 Å². The Labute approximate surface area is 137 Å². The lowest BCUT2D eigenvalue weighted by Crippen LogP contribution is -2.56. The lowest BCUT2D eigenvalue weighted by molar-refractivity contribution is 0.600. The molecule has 2 N–H and O–H groups in total. The van der Waals surface area contributed by atoms with Gasteiger partial charge < -0.3 is 15.2 Å². The monoisotopic (exact) mass is 309 g/mol. The second kappa shape index (κ2) is 5.66. The van der Waals surface area contributed by atoms with Gasteiger partial charge in [0.05, 0.1) is 11.4 Å². The number of aliphatic imine (C=N–C) groups is 1. The third kappa shape index (κ3) is 2.68. The van der Waals surface area contributed by atoms with Crippen LogP contribution in [0.15, 0.2) is 41.7 Å². The maximum absolute atomic E-state index is 6.46. The molecule has 0 bridgehead atoms. The molecule has 0 radical (unpaired) electrons. The van der Waals surface area contributed by atoms with Crippen molar-refractivity contribution in [2.24, 2.45) is 10.7 Å². The Hall–Kier alpha value is -2.40. The topological polar surface area (TPSA) is 59.4 Å².